The average molecular weight is 348 g/mol. The molecule has 3 rings (SSSR count). The summed E-state index contributed by atoms with van der Waals surface area (Å²) in [6.45, 7) is 1.85. The molecule has 0 aliphatic heterocycles. The molecule has 2 aromatic heterocycles. The van der Waals surface area contributed by atoms with Crippen molar-refractivity contribution in [3.05, 3.63) is 46.5 Å². The molecule has 1 aromatic carbocycles. The molecule has 0 amide bonds. The van der Waals surface area contributed by atoms with Gasteiger partial charge in [-0.25, -0.2) is 9.78 Å². The van der Waals surface area contributed by atoms with Gasteiger partial charge in [-0.05, 0) is 41.1 Å². The molecule has 0 atom stereocenters. The summed E-state index contributed by atoms with van der Waals surface area (Å²) in [5.41, 5.74) is 1.50. The minimum Gasteiger partial charge on any atom is -0.478 e. The van der Waals surface area contributed by atoms with E-state index in [1.165, 1.54) is 12.1 Å². The van der Waals surface area contributed by atoms with Crippen molar-refractivity contribution in [1.82, 2.24) is 19.6 Å². The highest BCUT2D eigenvalue weighted by Gasteiger charge is 2.11. The third-order valence-electron chi connectivity index (χ3n) is 2.97. The first kappa shape index (κ1) is 13.5. The van der Waals surface area contributed by atoms with Crippen LogP contribution in [0.4, 0.5) is 11.5 Å². The van der Waals surface area contributed by atoms with E-state index in [0.717, 1.165) is 5.82 Å². The number of benzene rings is 1. The van der Waals surface area contributed by atoms with Crippen LogP contribution in [0.3, 0.4) is 0 Å². The maximum absolute atomic E-state index is 10.9. The molecule has 8 heteroatoms. The third-order valence-corrected chi connectivity index (χ3v) is 3.62. The number of fused-ring (bicyclic) bond motifs is 1. The van der Waals surface area contributed by atoms with E-state index in [-0.39, 0.29) is 5.56 Å². The topological polar surface area (TPSA) is 92.4 Å². The zero-order valence-electron chi connectivity index (χ0n) is 10.9. The molecule has 106 valence electrons. The number of hydrogen-bond acceptors (Lipinski definition) is 5. The number of carboxylic acid groups (broad SMARTS) is 1. The van der Waals surface area contributed by atoms with Crippen molar-refractivity contribution in [1.29, 1.82) is 0 Å². The molecular formula is C13H10BrN5O2. The summed E-state index contributed by atoms with van der Waals surface area (Å²) in [7, 11) is 0. The highest BCUT2D eigenvalue weighted by atomic mass is 79.9. The molecule has 0 saturated heterocycles. The van der Waals surface area contributed by atoms with Crippen molar-refractivity contribution < 1.29 is 9.90 Å². The van der Waals surface area contributed by atoms with Crippen LogP contribution in [0.2, 0.25) is 0 Å². The predicted octanol–water partition coefficient (Wildman–Crippen LogP) is 2.64. The van der Waals surface area contributed by atoms with Crippen LogP contribution < -0.4 is 5.32 Å². The van der Waals surface area contributed by atoms with Crippen molar-refractivity contribution in [3.8, 4) is 0 Å². The Kier molecular flexibility index (Phi) is 3.30. The number of hydrogen-bond donors (Lipinski definition) is 2. The first-order valence-corrected chi connectivity index (χ1v) is 6.82. The molecule has 7 nitrogen and oxygen atoms in total. The van der Waals surface area contributed by atoms with E-state index in [4.69, 9.17) is 5.11 Å². The number of rotatable bonds is 3. The molecule has 0 spiro atoms. The number of carboxylic acids is 1. The Bertz CT molecular complexity index is 846. The SMILES string of the molecule is Cc1nnc2c(Nc3ccc(C(=O)O)cc3Br)nccn12. The molecule has 3 aromatic rings. The highest BCUT2D eigenvalue weighted by Crippen LogP contribution is 2.27. The molecule has 2 N–H and O–H groups in total. The monoisotopic (exact) mass is 347 g/mol. The molecule has 0 fully saturated rings. The van der Waals surface area contributed by atoms with Gasteiger partial charge in [0, 0.05) is 16.9 Å². The van der Waals surface area contributed by atoms with E-state index in [1.807, 2.05) is 11.3 Å². The summed E-state index contributed by atoms with van der Waals surface area (Å²) < 4.78 is 2.44. The zero-order chi connectivity index (χ0) is 15.0. The second-order valence-corrected chi connectivity index (χ2v) is 5.20. The smallest absolute Gasteiger partial charge is 0.335 e. The molecule has 0 aliphatic carbocycles. The normalized spacial score (nSPS) is 10.8. The van der Waals surface area contributed by atoms with Gasteiger partial charge in [0.25, 0.3) is 0 Å². The van der Waals surface area contributed by atoms with Crippen LogP contribution in [0.25, 0.3) is 5.65 Å². The lowest BCUT2D eigenvalue weighted by Crippen LogP contribution is -2.01. The lowest BCUT2D eigenvalue weighted by Gasteiger charge is -2.09. The quantitative estimate of drug-likeness (QED) is 0.756. The van der Waals surface area contributed by atoms with Gasteiger partial charge in [-0.2, -0.15) is 0 Å². The number of nitrogens with one attached hydrogen (secondary N) is 1. The van der Waals surface area contributed by atoms with Gasteiger partial charge in [-0.3, -0.25) is 4.40 Å². The van der Waals surface area contributed by atoms with Crippen LogP contribution in [-0.4, -0.2) is 30.7 Å². The van der Waals surface area contributed by atoms with Crippen molar-refractivity contribution in [3.63, 3.8) is 0 Å². The van der Waals surface area contributed by atoms with Gasteiger partial charge < -0.3 is 10.4 Å². The lowest BCUT2D eigenvalue weighted by molar-refractivity contribution is 0.0697. The Hall–Kier alpha value is -2.48. The van der Waals surface area contributed by atoms with Gasteiger partial charge in [0.15, 0.2) is 5.82 Å². The van der Waals surface area contributed by atoms with Crippen molar-refractivity contribution in [2.45, 2.75) is 6.92 Å². The standard InChI is InChI=1S/C13H10BrN5O2/c1-7-17-18-12-11(15-4-5-19(7)12)16-10-3-2-8(13(20)21)6-9(10)14/h2-6H,1H3,(H,15,16)(H,20,21). The average Bonchev–Trinajstić information content (AvgIpc) is 2.84. The molecule has 21 heavy (non-hydrogen) atoms. The van der Waals surface area contributed by atoms with Crippen LogP contribution in [0.5, 0.6) is 0 Å². The van der Waals surface area contributed by atoms with Crippen LogP contribution in [0.15, 0.2) is 35.1 Å². The van der Waals surface area contributed by atoms with E-state index in [1.54, 1.807) is 18.5 Å². The maximum Gasteiger partial charge on any atom is 0.335 e. The Balaban J connectivity index is 2.01. The number of aromatic carboxylic acids is 1. The molecule has 0 aliphatic rings. The maximum atomic E-state index is 10.9. The van der Waals surface area contributed by atoms with Crippen LogP contribution in [-0.2, 0) is 0 Å². The predicted molar refractivity (Wildman–Crippen MR) is 79.9 cm³/mol. The minimum absolute atomic E-state index is 0.205. The molecule has 0 saturated carbocycles. The fourth-order valence-electron chi connectivity index (χ4n) is 1.91. The fourth-order valence-corrected chi connectivity index (χ4v) is 2.38. The summed E-state index contributed by atoms with van der Waals surface area (Å²) in [6, 6.07) is 4.71. The van der Waals surface area contributed by atoms with E-state index < -0.39 is 5.97 Å². The number of carbonyl (C=O) groups is 1. The summed E-state index contributed by atoms with van der Waals surface area (Å²) in [5, 5.41) is 20.1. The Morgan fingerprint density at radius 3 is 2.90 bits per heavy atom. The van der Waals surface area contributed by atoms with Gasteiger partial charge in [-0.1, -0.05) is 0 Å². The highest BCUT2D eigenvalue weighted by molar-refractivity contribution is 9.10. The lowest BCUT2D eigenvalue weighted by atomic mass is 10.2. The summed E-state index contributed by atoms with van der Waals surface area (Å²) in [5.74, 6) is 0.327. The van der Waals surface area contributed by atoms with E-state index in [0.29, 0.717) is 21.6 Å². The fraction of sp³-hybridized carbons (Fsp3) is 0.0769. The number of aryl methyl sites for hydroxylation is 1. The number of halogens is 1. The van der Waals surface area contributed by atoms with Crippen LogP contribution in [0.1, 0.15) is 16.2 Å². The number of aromatic nitrogens is 4. The second kappa shape index (κ2) is 5.13. The Morgan fingerprint density at radius 2 is 2.19 bits per heavy atom. The van der Waals surface area contributed by atoms with E-state index >= 15 is 0 Å². The Labute approximate surface area is 127 Å². The second-order valence-electron chi connectivity index (χ2n) is 4.34. The molecular weight excluding hydrogens is 338 g/mol. The molecule has 0 unspecified atom stereocenters. The largest absolute Gasteiger partial charge is 0.478 e. The first-order valence-electron chi connectivity index (χ1n) is 6.02. The van der Waals surface area contributed by atoms with Gasteiger partial charge in [0.1, 0.15) is 5.82 Å². The van der Waals surface area contributed by atoms with Gasteiger partial charge in [0.2, 0.25) is 5.65 Å². The van der Waals surface area contributed by atoms with Gasteiger partial charge in [-0.15, -0.1) is 10.2 Å². The molecule has 2 heterocycles. The third kappa shape index (κ3) is 2.45. The zero-order valence-corrected chi connectivity index (χ0v) is 12.5. The van der Waals surface area contributed by atoms with Crippen LogP contribution >= 0.6 is 15.9 Å². The van der Waals surface area contributed by atoms with E-state index in [2.05, 4.69) is 36.4 Å². The minimum atomic E-state index is -0.976. The molecule has 0 radical (unpaired) electrons. The van der Waals surface area contributed by atoms with Gasteiger partial charge >= 0.3 is 5.97 Å². The Morgan fingerprint density at radius 1 is 1.38 bits per heavy atom. The van der Waals surface area contributed by atoms with Crippen molar-refractivity contribution in [2.75, 3.05) is 5.32 Å². The number of anilines is 2. The van der Waals surface area contributed by atoms with Gasteiger partial charge in [0.05, 0.1) is 11.3 Å². The summed E-state index contributed by atoms with van der Waals surface area (Å²) in [6.07, 6.45) is 3.42. The van der Waals surface area contributed by atoms with Crippen molar-refractivity contribution in [2.24, 2.45) is 0 Å². The summed E-state index contributed by atoms with van der Waals surface area (Å²) in [4.78, 5) is 15.2. The first-order chi connectivity index (χ1) is 10.1. The van der Waals surface area contributed by atoms with E-state index in [9.17, 15) is 4.79 Å². The molecule has 0 bridgehead atoms. The van der Waals surface area contributed by atoms with Crippen molar-refractivity contribution >= 4 is 39.1 Å². The number of nitrogens with zero attached hydrogens (tertiary/aromatic N) is 4. The van der Waals surface area contributed by atoms with Crippen LogP contribution in [0, 0.1) is 6.92 Å². The summed E-state index contributed by atoms with van der Waals surface area (Å²) >= 11 is 3.35.